The van der Waals surface area contributed by atoms with E-state index in [0.29, 0.717) is 6.54 Å². The molecule has 2 aliphatic rings. The number of carbonyl (C=O) groups is 1. The lowest BCUT2D eigenvalue weighted by atomic mass is 9.90. The fraction of sp³-hybridized carbons (Fsp3) is 0.929. The molecule has 6 heteroatoms. The van der Waals surface area contributed by atoms with Gasteiger partial charge in [0.05, 0.1) is 6.10 Å². The molecule has 1 unspecified atom stereocenters. The van der Waals surface area contributed by atoms with Crippen molar-refractivity contribution in [2.75, 3.05) is 40.4 Å². The van der Waals surface area contributed by atoms with Gasteiger partial charge < -0.3 is 19.7 Å². The summed E-state index contributed by atoms with van der Waals surface area (Å²) >= 11 is 0. The molecule has 1 atom stereocenters. The first-order valence-electron chi connectivity index (χ1n) is 7.31. The smallest absolute Gasteiger partial charge is 0.254 e. The van der Waals surface area contributed by atoms with Crippen molar-refractivity contribution in [2.24, 2.45) is 0 Å². The second-order valence-electron chi connectivity index (χ2n) is 5.62. The second-order valence-corrected chi connectivity index (χ2v) is 5.62. The molecule has 2 fully saturated rings. The van der Waals surface area contributed by atoms with Crippen molar-refractivity contribution >= 4 is 18.3 Å². The Balaban J connectivity index is 0.00000200. The zero-order chi connectivity index (χ0) is 13.7. The van der Waals surface area contributed by atoms with E-state index >= 15 is 0 Å². The molecule has 2 rings (SSSR count). The zero-order valence-corrected chi connectivity index (χ0v) is 13.3. The van der Waals surface area contributed by atoms with Crippen molar-refractivity contribution < 1.29 is 14.3 Å². The molecule has 0 bridgehead atoms. The molecule has 20 heavy (non-hydrogen) atoms. The van der Waals surface area contributed by atoms with Crippen LogP contribution in [0, 0.1) is 0 Å². The van der Waals surface area contributed by atoms with Gasteiger partial charge in [0.2, 0.25) is 0 Å². The molecule has 0 radical (unpaired) electrons. The van der Waals surface area contributed by atoms with Crippen molar-refractivity contribution in [3.05, 3.63) is 0 Å². The van der Waals surface area contributed by atoms with Crippen LogP contribution in [0.5, 0.6) is 0 Å². The second kappa shape index (κ2) is 8.17. The predicted octanol–water partition coefficient (Wildman–Crippen LogP) is 1.20. The Morgan fingerprint density at radius 1 is 1.40 bits per heavy atom. The summed E-state index contributed by atoms with van der Waals surface area (Å²) in [5, 5.41) is 3.27. The van der Waals surface area contributed by atoms with E-state index in [1.165, 1.54) is 6.42 Å². The SMILES string of the molecule is COC1(C(=O)N(C)CC2CCCCO2)CCNCC1.Cl. The Labute approximate surface area is 127 Å². The summed E-state index contributed by atoms with van der Waals surface area (Å²) in [6, 6.07) is 0. The third kappa shape index (κ3) is 4.07. The first kappa shape index (κ1) is 17.7. The van der Waals surface area contributed by atoms with E-state index in [0.717, 1.165) is 45.4 Å². The number of piperidine rings is 1. The first-order chi connectivity index (χ1) is 9.18. The minimum Gasteiger partial charge on any atom is -0.376 e. The van der Waals surface area contributed by atoms with Crippen molar-refractivity contribution in [1.82, 2.24) is 10.2 Å². The summed E-state index contributed by atoms with van der Waals surface area (Å²) in [4.78, 5) is 14.4. The minimum absolute atomic E-state index is 0. The van der Waals surface area contributed by atoms with Gasteiger partial charge >= 0.3 is 0 Å². The van der Waals surface area contributed by atoms with Gasteiger partial charge in [-0.05, 0) is 45.2 Å². The average molecular weight is 307 g/mol. The summed E-state index contributed by atoms with van der Waals surface area (Å²) in [5.74, 6) is 0.102. The first-order valence-corrected chi connectivity index (χ1v) is 7.31. The molecule has 118 valence electrons. The number of carbonyl (C=O) groups excluding carboxylic acids is 1. The lowest BCUT2D eigenvalue weighted by Gasteiger charge is -2.38. The van der Waals surface area contributed by atoms with Gasteiger partial charge in [0.15, 0.2) is 0 Å². The van der Waals surface area contributed by atoms with Crippen molar-refractivity contribution in [2.45, 2.75) is 43.8 Å². The molecule has 1 N–H and O–H groups in total. The highest BCUT2D eigenvalue weighted by molar-refractivity contribution is 5.85. The molecule has 0 aromatic heterocycles. The number of hydrogen-bond donors (Lipinski definition) is 1. The highest BCUT2D eigenvalue weighted by atomic mass is 35.5. The molecule has 2 saturated heterocycles. The highest BCUT2D eigenvalue weighted by Crippen LogP contribution is 2.25. The lowest BCUT2D eigenvalue weighted by Crippen LogP contribution is -2.55. The normalized spacial score (nSPS) is 25.6. The molecular formula is C14H27ClN2O3. The van der Waals surface area contributed by atoms with Crippen LogP contribution in [0.2, 0.25) is 0 Å². The van der Waals surface area contributed by atoms with Gasteiger partial charge in [-0.15, -0.1) is 12.4 Å². The van der Waals surface area contributed by atoms with E-state index in [2.05, 4.69) is 5.32 Å². The van der Waals surface area contributed by atoms with Gasteiger partial charge in [-0.1, -0.05) is 0 Å². The van der Waals surface area contributed by atoms with Gasteiger partial charge in [-0.3, -0.25) is 4.79 Å². The molecule has 0 saturated carbocycles. The summed E-state index contributed by atoms with van der Waals surface area (Å²) in [7, 11) is 3.51. The predicted molar refractivity (Wildman–Crippen MR) is 80.3 cm³/mol. The third-order valence-corrected chi connectivity index (χ3v) is 4.29. The van der Waals surface area contributed by atoms with Crippen LogP contribution >= 0.6 is 12.4 Å². The van der Waals surface area contributed by atoms with E-state index in [4.69, 9.17) is 9.47 Å². The van der Waals surface area contributed by atoms with Gasteiger partial charge in [-0.2, -0.15) is 0 Å². The Bertz CT molecular complexity index is 303. The summed E-state index contributed by atoms with van der Waals surface area (Å²) in [5.41, 5.74) is -0.630. The maximum absolute atomic E-state index is 12.6. The maximum atomic E-state index is 12.6. The van der Waals surface area contributed by atoms with E-state index in [1.807, 2.05) is 7.05 Å². The number of nitrogens with one attached hydrogen (secondary N) is 1. The molecule has 5 nitrogen and oxygen atoms in total. The van der Waals surface area contributed by atoms with Crippen LogP contribution in [-0.4, -0.2) is 62.9 Å². The van der Waals surface area contributed by atoms with Crippen LogP contribution < -0.4 is 5.32 Å². The van der Waals surface area contributed by atoms with Crippen molar-refractivity contribution in [1.29, 1.82) is 0 Å². The van der Waals surface area contributed by atoms with Crippen LogP contribution in [0.15, 0.2) is 0 Å². The standard InChI is InChI=1S/C14H26N2O3.ClH/c1-16(11-12-5-3-4-10-19-12)13(17)14(18-2)6-8-15-9-7-14;/h12,15H,3-11H2,1-2H3;1H. The Morgan fingerprint density at radius 2 is 2.10 bits per heavy atom. The minimum atomic E-state index is -0.630. The molecule has 2 aliphatic heterocycles. The number of rotatable bonds is 4. The summed E-state index contributed by atoms with van der Waals surface area (Å²) < 4.78 is 11.3. The van der Waals surface area contributed by atoms with Crippen LogP contribution in [0.1, 0.15) is 32.1 Å². The number of hydrogen-bond acceptors (Lipinski definition) is 4. The van der Waals surface area contributed by atoms with Gasteiger partial charge in [0.25, 0.3) is 5.91 Å². The summed E-state index contributed by atoms with van der Waals surface area (Å²) in [6.45, 7) is 3.18. The number of methoxy groups -OCH3 is 1. The molecule has 0 aromatic rings. The average Bonchev–Trinajstić information content (AvgIpc) is 2.48. The summed E-state index contributed by atoms with van der Waals surface area (Å²) in [6.07, 6.45) is 5.09. The number of amides is 1. The van der Waals surface area contributed by atoms with Crippen LogP contribution in [0.4, 0.5) is 0 Å². The Morgan fingerprint density at radius 3 is 2.65 bits per heavy atom. The van der Waals surface area contributed by atoms with E-state index in [-0.39, 0.29) is 24.4 Å². The number of ether oxygens (including phenoxy) is 2. The van der Waals surface area contributed by atoms with Crippen LogP contribution in [-0.2, 0) is 14.3 Å². The van der Waals surface area contributed by atoms with E-state index < -0.39 is 5.60 Å². The van der Waals surface area contributed by atoms with Crippen LogP contribution in [0.25, 0.3) is 0 Å². The Kier molecular flexibility index (Phi) is 7.23. The Hall–Kier alpha value is -0.360. The topological polar surface area (TPSA) is 50.8 Å². The number of nitrogens with zero attached hydrogens (tertiary/aromatic N) is 1. The molecule has 0 spiro atoms. The van der Waals surface area contributed by atoms with E-state index in [1.54, 1.807) is 12.0 Å². The van der Waals surface area contributed by atoms with Gasteiger partial charge in [-0.25, -0.2) is 0 Å². The molecule has 2 heterocycles. The molecule has 1 amide bonds. The highest BCUT2D eigenvalue weighted by Gasteiger charge is 2.41. The van der Waals surface area contributed by atoms with E-state index in [9.17, 15) is 4.79 Å². The van der Waals surface area contributed by atoms with Crippen LogP contribution in [0.3, 0.4) is 0 Å². The number of halogens is 1. The zero-order valence-electron chi connectivity index (χ0n) is 12.5. The van der Waals surface area contributed by atoms with Gasteiger partial charge in [0.1, 0.15) is 5.60 Å². The lowest BCUT2D eigenvalue weighted by molar-refractivity contribution is -0.159. The molecule has 0 aliphatic carbocycles. The quantitative estimate of drug-likeness (QED) is 0.848. The van der Waals surface area contributed by atoms with Crippen molar-refractivity contribution in [3.63, 3.8) is 0 Å². The monoisotopic (exact) mass is 306 g/mol. The fourth-order valence-corrected chi connectivity index (χ4v) is 3.02. The number of likely N-dealkylation sites (N-methyl/N-ethyl adjacent to an activating group) is 1. The fourth-order valence-electron chi connectivity index (χ4n) is 3.02. The maximum Gasteiger partial charge on any atom is 0.254 e. The molecular weight excluding hydrogens is 280 g/mol. The largest absolute Gasteiger partial charge is 0.376 e. The van der Waals surface area contributed by atoms with Crippen molar-refractivity contribution in [3.8, 4) is 0 Å². The van der Waals surface area contributed by atoms with Gasteiger partial charge in [0, 0.05) is 27.3 Å². The third-order valence-electron chi connectivity index (χ3n) is 4.29. The molecule has 0 aromatic carbocycles.